The molecule has 1 atom stereocenters. The quantitative estimate of drug-likeness (QED) is 0.841. The largest absolute Gasteiger partial charge is 0.342 e. The van der Waals surface area contributed by atoms with Crippen LogP contribution in [0.3, 0.4) is 0 Å². The van der Waals surface area contributed by atoms with E-state index in [9.17, 15) is 13.2 Å². The summed E-state index contributed by atoms with van der Waals surface area (Å²) in [6.07, 6.45) is 5.36. The number of piperidine rings is 1. The van der Waals surface area contributed by atoms with E-state index >= 15 is 0 Å². The summed E-state index contributed by atoms with van der Waals surface area (Å²) in [4.78, 5) is 18.5. The molecule has 3 heterocycles. The third-order valence-corrected chi connectivity index (χ3v) is 6.76. The summed E-state index contributed by atoms with van der Waals surface area (Å²) in [5.41, 5.74) is 2.35. The minimum Gasteiger partial charge on any atom is -0.342 e. The van der Waals surface area contributed by atoms with Crippen LogP contribution in [-0.2, 0) is 21.1 Å². The number of rotatable bonds is 3. The third kappa shape index (κ3) is 4.10. The number of likely N-dealkylation sites (tertiary alicyclic amines) is 1. The molecule has 3 rings (SSSR count). The molecule has 126 valence electrons. The number of nitrogens with zero attached hydrogens (tertiary/aromatic N) is 2. The molecule has 0 bridgehead atoms. The first-order valence-corrected chi connectivity index (χ1v) is 10.2. The lowest BCUT2D eigenvalue weighted by molar-refractivity contribution is -0.136. The Balaban J connectivity index is 1.51. The molecule has 1 aromatic heterocycles. The Morgan fingerprint density at radius 1 is 1.30 bits per heavy atom. The summed E-state index contributed by atoms with van der Waals surface area (Å²) < 4.78 is 23.1. The second kappa shape index (κ2) is 6.59. The second-order valence-corrected chi connectivity index (χ2v) is 9.11. The van der Waals surface area contributed by atoms with Crippen molar-refractivity contribution in [1.29, 1.82) is 0 Å². The normalized spacial score (nSPS) is 24.7. The Morgan fingerprint density at radius 2 is 2.04 bits per heavy atom. The van der Waals surface area contributed by atoms with Crippen LogP contribution in [0, 0.1) is 18.8 Å². The number of aromatic nitrogens is 1. The van der Waals surface area contributed by atoms with Crippen molar-refractivity contribution < 1.29 is 13.2 Å². The molecule has 5 nitrogen and oxygen atoms in total. The van der Waals surface area contributed by atoms with E-state index in [1.165, 1.54) is 5.56 Å². The van der Waals surface area contributed by atoms with Crippen LogP contribution < -0.4 is 0 Å². The van der Waals surface area contributed by atoms with E-state index in [4.69, 9.17) is 0 Å². The lowest BCUT2D eigenvalue weighted by Crippen LogP contribution is -2.42. The van der Waals surface area contributed by atoms with Gasteiger partial charge in [0, 0.05) is 25.0 Å². The monoisotopic (exact) mass is 336 g/mol. The predicted octanol–water partition coefficient (Wildman–Crippen LogP) is 1.61. The number of sulfone groups is 1. The van der Waals surface area contributed by atoms with Gasteiger partial charge in [-0.1, -0.05) is 0 Å². The molecule has 0 unspecified atom stereocenters. The average molecular weight is 336 g/mol. The molecule has 1 amide bonds. The van der Waals surface area contributed by atoms with E-state index in [1.54, 1.807) is 0 Å². The molecule has 1 aromatic rings. The van der Waals surface area contributed by atoms with E-state index < -0.39 is 9.84 Å². The Hall–Kier alpha value is -1.43. The van der Waals surface area contributed by atoms with Crippen molar-refractivity contribution in [2.24, 2.45) is 11.8 Å². The van der Waals surface area contributed by atoms with Crippen LogP contribution in [0.25, 0.3) is 0 Å². The predicted molar refractivity (Wildman–Crippen MR) is 88.7 cm³/mol. The molecular weight excluding hydrogens is 312 g/mol. The van der Waals surface area contributed by atoms with Gasteiger partial charge < -0.3 is 4.90 Å². The van der Waals surface area contributed by atoms with Gasteiger partial charge in [-0.05, 0) is 56.2 Å². The summed E-state index contributed by atoms with van der Waals surface area (Å²) in [5.74, 6) is 0.542. The summed E-state index contributed by atoms with van der Waals surface area (Å²) in [7, 11) is -2.99. The lowest BCUT2D eigenvalue weighted by Gasteiger charge is -2.33. The van der Waals surface area contributed by atoms with E-state index in [-0.39, 0.29) is 23.3 Å². The number of hydrogen-bond donors (Lipinski definition) is 0. The Bertz CT molecular complexity index is 679. The number of carbonyl (C=O) groups excluding carboxylic acids is 1. The van der Waals surface area contributed by atoms with Crippen molar-refractivity contribution in [2.75, 3.05) is 24.6 Å². The lowest BCUT2D eigenvalue weighted by atomic mass is 9.89. The van der Waals surface area contributed by atoms with Crippen LogP contribution in [0.1, 0.15) is 30.5 Å². The van der Waals surface area contributed by atoms with Gasteiger partial charge >= 0.3 is 0 Å². The van der Waals surface area contributed by atoms with Crippen LogP contribution in [0.2, 0.25) is 0 Å². The molecule has 0 N–H and O–H groups in total. The fraction of sp³-hybridized carbons (Fsp3) is 0.647. The molecule has 0 spiro atoms. The number of pyridine rings is 1. The summed E-state index contributed by atoms with van der Waals surface area (Å²) in [5, 5.41) is 0. The maximum Gasteiger partial charge on any atom is 0.226 e. The molecule has 23 heavy (non-hydrogen) atoms. The van der Waals surface area contributed by atoms with Gasteiger partial charge in [-0.15, -0.1) is 0 Å². The van der Waals surface area contributed by atoms with Gasteiger partial charge in [0.1, 0.15) is 0 Å². The maximum atomic E-state index is 12.5. The fourth-order valence-electron chi connectivity index (χ4n) is 3.67. The van der Waals surface area contributed by atoms with E-state index in [2.05, 4.69) is 17.1 Å². The van der Waals surface area contributed by atoms with Gasteiger partial charge in [0.25, 0.3) is 0 Å². The van der Waals surface area contributed by atoms with E-state index in [0.717, 1.165) is 38.0 Å². The van der Waals surface area contributed by atoms with Gasteiger partial charge in [-0.25, -0.2) is 8.42 Å². The average Bonchev–Trinajstić information content (AvgIpc) is 2.87. The number of carbonyl (C=O) groups is 1. The molecule has 0 aromatic carbocycles. The van der Waals surface area contributed by atoms with Gasteiger partial charge in [0.2, 0.25) is 5.91 Å². The van der Waals surface area contributed by atoms with Crippen molar-refractivity contribution in [1.82, 2.24) is 9.88 Å². The van der Waals surface area contributed by atoms with Crippen LogP contribution in [0.15, 0.2) is 18.3 Å². The molecule has 2 saturated heterocycles. The number of amides is 1. The van der Waals surface area contributed by atoms with Crippen molar-refractivity contribution in [3.63, 3.8) is 0 Å². The molecule has 0 aliphatic carbocycles. The number of aryl methyl sites for hydroxylation is 1. The number of hydrogen-bond acceptors (Lipinski definition) is 4. The fourth-order valence-corrected chi connectivity index (χ4v) is 5.40. The van der Waals surface area contributed by atoms with Gasteiger partial charge in [0.05, 0.1) is 17.4 Å². The first-order chi connectivity index (χ1) is 10.9. The van der Waals surface area contributed by atoms with E-state index in [1.807, 2.05) is 18.0 Å². The molecule has 2 aliphatic rings. The van der Waals surface area contributed by atoms with Crippen LogP contribution >= 0.6 is 0 Å². The minimum absolute atomic E-state index is 0.0437. The zero-order valence-corrected chi connectivity index (χ0v) is 14.4. The van der Waals surface area contributed by atoms with Crippen molar-refractivity contribution in [2.45, 2.75) is 32.6 Å². The van der Waals surface area contributed by atoms with Gasteiger partial charge in [0.15, 0.2) is 9.84 Å². The summed E-state index contributed by atoms with van der Waals surface area (Å²) >= 11 is 0. The highest BCUT2D eigenvalue weighted by molar-refractivity contribution is 7.91. The topological polar surface area (TPSA) is 67.3 Å². The zero-order valence-electron chi connectivity index (χ0n) is 13.6. The summed E-state index contributed by atoms with van der Waals surface area (Å²) in [6.45, 7) is 3.51. The first-order valence-electron chi connectivity index (χ1n) is 8.34. The Kier molecular flexibility index (Phi) is 4.71. The highest BCUT2D eigenvalue weighted by atomic mass is 32.2. The molecule has 2 fully saturated rings. The Labute approximate surface area is 138 Å². The smallest absolute Gasteiger partial charge is 0.226 e. The summed E-state index contributed by atoms with van der Waals surface area (Å²) in [6, 6.07) is 4.19. The van der Waals surface area contributed by atoms with Crippen molar-refractivity contribution >= 4 is 15.7 Å². The van der Waals surface area contributed by atoms with Gasteiger partial charge in [-0.2, -0.15) is 0 Å². The zero-order chi connectivity index (χ0) is 16.4. The third-order valence-electron chi connectivity index (χ3n) is 4.99. The highest BCUT2D eigenvalue weighted by Crippen LogP contribution is 2.26. The van der Waals surface area contributed by atoms with Crippen LogP contribution in [-0.4, -0.2) is 48.8 Å². The van der Waals surface area contributed by atoms with Gasteiger partial charge in [-0.3, -0.25) is 9.78 Å². The molecule has 0 saturated carbocycles. The maximum absolute atomic E-state index is 12.5. The Morgan fingerprint density at radius 3 is 2.65 bits per heavy atom. The SMILES string of the molecule is Cc1cc(CC2CCN(C(=O)[C@H]3CCS(=O)(=O)C3)CC2)ccn1. The van der Waals surface area contributed by atoms with Crippen molar-refractivity contribution in [3.05, 3.63) is 29.6 Å². The molecule has 0 radical (unpaired) electrons. The highest BCUT2D eigenvalue weighted by Gasteiger charge is 2.36. The van der Waals surface area contributed by atoms with Crippen molar-refractivity contribution in [3.8, 4) is 0 Å². The minimum atomic E-state index is -2.99. The molecule has 6 heteroatoms. The standard InChI is InChI=1S/C17H24N2O3S/c1-13-10-15(2-6-18-13)11-14-3-7-19(8-4-14)17(20)16-5-9-23(21,22)12-16/h2,6,10,14,16H,3-5,7-9,11-12H2,1H3/t16-/m0/s1. The van der Waals surface area contributed by atoms with Crippen LogP contribution in [0.4, 0.5) is 0 Å². The second-order valence-electron chi connectivity index (χ2n) is 6.88. The van der Waals surface area contributed by atoms with Crippen LogP contribution in [0.5, 0.6) is 0 Å². The van der Waals surface area contributed by atoms with E-state index in [0.29, 0.717) is 12.3 Å². The molecule has 2 aliphatic heterocycles. The first kappa shape index (κ1) is 16.4. The molecular formula is C17H24N2O3S.